The normalized spacial score (nSPS) is 10.8. The molecule has 0 aliphatic carbocycles. The quantitative estimate of drug-likeness (QED) is 0.306. The molecule has 2 nitrogen and oxygen atoms in total. The van der Waals surface area contributed by atoms with Crippen molar-refractivity contribution in [2.75, 3.05) is 7.11 Å². The predicted molar refractivity (Wildman–Crippen MR) is 121 cm³/mol. The number of hydrogen-bond acceptors (Lipinski definition) is 3. The number of rotatable bonds is 6. The number of halogens is 1. The Morgan fingerprint density at radius 2 is 1.71 bits per heavy atom. The van der Waals surface area contributed by atoms with Gasteiger partial charge in [-0.2, -0.15) is 0 Å². The van der Waals surface area contributed by atoms with E-state index in [1.807, 2.05) is 42.5 Å². The molecule has 0 fully saturated rings. The van der Waals surface area contributed by atoms with Crippen molar-refractivity contribution in [3.63, 3.8) is 0 Å². The van der Waals surface area contributed by atoms with Crippen molar-refractivity contribution in [2.45, 2.75) is 6.61 Å². The summed E-state index contributed by atoms with van der Waals surface area (Å²) in [6.07, 6.45) is 0. The zero-order valence-electron chi connectivity index (χ0n) is 15.4. The molecule has 0 aliphatic heterocycles. The van der Waals surface area contributed by atoms with E-state index in [-0.39, 0.29) is 0 Å². The van der Waals surface area contributed by atoms with Gasteiger partial charge in [-0.05, 0) is 50.7 Å². The molecule has 4 heteroatoms. The standard InChI is InChI=1S/C24H19BrO2S/c1-16(24-12-18-10-6-7-11-23(18)28-24)19-13-20(25)22(14-21(19)26-2)27-15-17-8-4-3-5-9-17/h3-14H,1,15H2,2H3. The number of thiophene rings is 1. The number of ether oxygens (including phenoxy) is 2. The van der Waals surface area contributed by atoms with Crippen LogP contribution in [0.15, 0.2) is 83.8 Å². The van der Waals surface area contributed by atoms with Crippen LogP contribution in [0.4, 0.5) is 0 Å². The maximum absolute atomic E-state index is 6.00. The second-order valence-electron chi connectivity index (χ2n) is 6.38. The highest BCUT2D eigenvalue weighted by molar-refractivity contribution is 9.10. The van der Waals surface area contributed by atoms with Gasteiger partial charge in [0.2, 0.25) is 0 Å². The molecule has 0 saturated carbocycles. The van der Waals surface area contributed by atoms with Crippen molar-refractivity contribution >= 4 is 42.9 Å². The first-order valence-corrected chi connectivity index (χ1v) is 10.5. The lowest BCUT2D eigenvalue weighted by Crippen LogP contribution is -1.98. The molecule has 4 aromatic rings. The van der Waals surface area contributed by atoms with E-state index in [0.29, 0.717) is 6.61 Å². The Balaban J connectivity index is 1.63. The lowest BCUT2D eigenvalue weighted by atomic mass is 10.0. The minimum Gasteiger partial charge on any atom is -0.496 e. The first kappa shape index (κ1) is 18.8. The van der Waals surface area contributed by atoms with Gasteiger partial charge < -0.3 is 9.47 Å². The van der Waals surface area contributed by atoms with Gasteiger partial charge in [0.25, 0.3) is 0 Å². The summed E-state index contributed by atoms with van der Waals surface area (Å²) in [5.41, 5.74) is 3.01. The summed E-state index contributed by atoms with van der Waals surface area (Å²) < 4.78 is 13.8. The summed E-state index contributed by atoms with van der Waals surface area (Å²) in [5.74, 6) is 1.49. The van der Waals surface area contributed by atoms with E-state index in [1.54, 1.807) is 18.4 Å². The Morgan fingerprint density at radius 3 is 2.46 bits per heavy atom. The van der Waals surface area contributed by atoms with Crippen molar-refractivity contribution in [3.8, 4) is 11.5 Å². The van der Waals surface area contributed by atoms with Gasteiger partial charge >= 0.3 is 0 Å². The van der Waals surface area contributed by atoms with E-state index in [2.05, 4.69) is 52.8 Å². The Kier molecular flexibility index (Phi) is 5.51. The van der Waals surface area contributed by atoms with Crippen LogP contribution in [-0.2, 0) is 6.61 Å². The summed E-state index contributed by atoms with van der Waals surface area (Å²) in [6.45, 7) is 4.83. The average Bonchev–Trinajstić information content (AvgIpc) is 3.17. The third-order valence-corrected chi connectivity index (χ3v) is 6.33. The van der Waals surface area contributed by atoms with Crippen LogP contribution in [0.5, 0.6) is 11.5 Å². The second kappa shape index (κ2) is 8.21. The van der Waals surface area contributed by atoms with Crippen molar-refractivity contribution in [1.29, 1.82) is 0 Å². The lowest BCUT2D eigenvalue weighted by Gasteiger charge is -2.15. The molecule has 0 radical (unpaired) electrons. The monoisotopic (exact) mass is 450 g/mol. The molecule has 28 heavy (non-hydrogen) atoms. The van der Waals surface area contributed by atoms with E-state index >= 15 is 0 Å². The Morgan fingerprint density at radius 1 is 0.964 bits per heavy atom. The fourth-order valence-corrected chi connectivity index (χ4v) is 4.55. The second-order valence-corrected chi connectivity index (χ2v) is 8.32. The van der Waals surface area contributed by atoms with Crippen LogP contribution < -0.4 is 9.47 Å². The SMILES string of the molecule is C=C(c1cc2ccccc2s1)c1cc(Br)c(OCc2ccccc2)cc1OC. The predicted octanol–water partition coefficient (Wildman–Crippen LogP) is 7.31. The molecule has 1 aromatic heterocycles. The molecule has 3 aromatic carbocycles. The zero-order valence-corrected chi connectivity index (χ0v) is 17.8. The molecule has 0 unspecified atom stereocenters. The first-order valence-electron chi connectivity index (χ1n) is 8.88. The molecular weight excluding hydrogens is 432 g/mol. The van der Waals surface area contributed by atoms with Crippen molar-refractivity contribution in [1.82, 2.24) is 0 Å². The van der Waals surface area contributed by atoms with Crippen LogP contribution >= 0.6 is 27.3 Å². The van der Waals surface area contributed by atoms with Gasteiger partial charge in [0.1, 0.15) is 18.1 Å². The molecular formula is C24H19BrO2S. The Hall–Kier alpha value is -2.56. The van der Waals surface area contributed by atoms with Crippen molar-refractivity contribution in [3.05, 3.63) is 99.9 Å². The third kappa shape index (κ3) is 3.84. The fraction of sp³-hybridized carbons (Fsp3) is 0.0833. The van der Waals surface area contributed by atoms with Crippen LogP contribution in [-0.4, -0.2) is 7.11 Å². The summed E-state index contributed by atoms with van der Waals surface area (Å²) in [4.78, 5) is 1.13. The van der Waals surface area contributed by atoms with Gasteiger partial charge in [0.15, 0.2) is 0 Å². The maximum Gasteiger partial charge on any atom is 0.137 e. The highest BCUT2D eigenvalue weighted by Crippen LogP contribution is 2.41. The van der Waals surface area contributed by atoms with Crippen molar-refractivity contribution < 1.29 is 9.47 Å². The molecule has 0 atom stereocenters. The molecule has 4 rings (SSSR count). The van der Waals surface area contributed by atoms with Gasteiger partial charge in [0, 0.05) is 21.2 Å². The Labute approximate surface area is 177 Å². The van der Waals surface area contributed by atoms with Crippen LogP contribution in [0.1, 0.15) is 16.0 Å². The summed E-state index contributed by atoms with van der Waals surface area (Å²) in [5, 5.41) is 1.23. The highest BCUT2D eigenvalue weighted by Gasteiger charge is 2.16. The van der Waals surface area contributed by atoms with Crippen molar-refractivity contribution in [2.24, 2.45) is 0 Å². The van der Waals surface area contributed by atoms with Crippen LogP contribution in [0.2, 0.25) is 0 Å². The number of methoxy groups -OCH3 is 1. The molecule has 0 saturated heterocycles. The molecule has 0 N–H and O–H groups in total. The summed E-state index contributed by atoms with van der Waals surface area (Å²) in [6, 6.07) is 24.6. The minimum absolute atomic E-state index is 0.499. The van der Waals surface area contributed by atoms with Gasteiger partial charge in [-0.25, -0.2) is 0 Å². The topological polar surface area (TPSA) is 18.5 Å². The minimum atomic E-state index is 0.499. The van der Waals surface area contributed by atoms with E-state index < -0.39 is 0 Å². The van der Waals surface area contributed by atoms with Crippen LogP contribution in [0.25, 0.3) is 15.7 Å². The maximum atomic E-state index is 6.00. The highest BCUT2D eigenvalue weighted by atomic mass is 79.9. The van der Waals surface area contributed by atoms with Gasteiger partial charge in [-0.1, -0.05) is 55.1 Å². The van der Waals surface area contributed by atoms with Gasteiger partial charge in [-0.3, -0.25) is 0 Å². The molecule has 0 bridgehead atoms. The number of hydrogen-bond donors (Lipinski definition) is 0. The number of fused-ring (bicyclic) bond motifs is 1. The van der Waals surface area contributed by atoms with Gasteiger partial charge in [0.05, 0.1) is 11.6 Å². The molecule has 0 aliphatic rings. The Bertz CT molecular complexity index is 1100. The molecule has 1 heterocycles. The first-order chi connectivity index (χ1) is 13.7. The largest absolute Gasteiger partial charge is 0.496 e. The van der Waals surface area contributed by atoms with Gasteiger partial charge in [-0.15, -0.1) is 11.3 Å². The summed E-state index contributed by atoms with van der Waals surface area (Å²) >= 11 is 5.38. The fourth-order valence-electron chi connectivity index (χ4n) is 3.05. The smallest absolute Gasteiger partial charge is 0.137 e. The van der Waals surface area contributed by atoms with E-state index in [0.717, 1.165) is 37.5 Å². The molecule has 0 spiro atoms. The van der Waals surface area contributed by atoms with Crippen LogP contribution in [0, 0.1) is 0 Å². The molecule has 0 amide bonds. The zero-order chi connectivity index (χ0) is 19.5. The van der Waals surface area contributed by atoms with Crippen LogP contribution in [0.3, 0.4) is 0 Å². The average molecular weight is 451 g/mol. The van der Waals surface area contributed by atoms with E-state index in [4.69, 9.17) is 9.47 Å². The number of benzene rings is 3. The lowest BCUT2D eigenvalue weighted by molar-refractivity contribution is 0.301. The third-order valence-electron chi connectivity index (χ3n) is 4.54. The molecule has 140 valence electrons. The summed E-state index contributed by atoms with van der Waals surface area (Å²) in [7, 11) is 1.67. The van der Waals surface area contributed by atoms with E-state index in [9.17, 15) is 0 Å². The van der Waals surface area contributed by atoms with E-state index in [1.165, 1.54) is 10.1 Å².